The molecule has 2 rings (SSSR count). The van der Waals surface area contributed by atoms with E-state index in [0.717, 1.165) is 6.07 Å². The molecule has 4 nitrogen and oxygen atoms in total. The molecule has 1 unspecified atom stereocenters. The van der Waals surface area contributed by atoms with Gasteiger partial charge in [-0.05, 0) is 12.1 Å². The van der Waals surface area contributed by atoms with Crippen LogP contribution >= 0.6 is 0 Å². The molecule has 0 radical (unpaired) electrons. The van der Waals surface area contributed by atoms with E-state index in [9.17, 15) is 13.6 Å². The third-order valence-corrected chi connectivity index (χ3v) is 2.56. The van der Waals surface area contributed by atoms with E-state index in [4.69, 9.17) is 11.5 Å². The zero-order chi connectivity index (χ0) is 11.9. The number of halogens is 2. The van der Waals surface area contributed by atoms with Gasteiger partial charge in [-0.1, -0.05) is 0 Å². The maximum atomic E-state index is 13.2. The molecular formula is C10H11F2N3O. The molecule has 1 aliphatic heterocycles. The summed E-state index contributed by atoms with van der Waals surface area (Å²) in [5, 5.41) is 0. The van der Waals surface area contributed by atoms with E-state index in [1.165, 1.54) is 11.0 Å². The van der Waals surface area contributed by atoms with Gasteiger partial charge in [-0.15, -0.1) is 0 Å². The molecule has 0 aromatic heterocycles. The second-order valence-corrected chi connectivity index (χ2v) is 3.76. The minimum Gasteiger partial charge on any atom is -0.395 e. The number of nitrogens with two attached hydrogens (primary N) is 2. The third kappa shape index (κ3) is 1.61. The average molecular weight is 227 g/mol. The molecular weight excluding hydrogens is 216 g/mol. The standard InChI is InChI=1S/C10H11F2N3O/c11-6-1-2-7(10(14)9(6)12)15-4-5(13)3-8(15)16/h1-2,5H,3-4,13-14H2. The van der Waals surface area contributed by atoms with Crippen molar-refractivity contribution in [1.82, 2.24) is 0 Å². The molecule has 1 aliphatic rings. The van der Waals surface area contributed by atoms with Crippen molar-refractivity contribution in [3.05, 3.63) is 23.8 Å². The molecule has 0 spiro atoms. The number of hydrogen-bond donors (Lipinski definition) is 2. The van der Waals surface area contributed by atoms with Crippen LogP contribution < -0.4 is 16.4 Å². The summed E-state index contributed by atoms with van der Waals surface area (Å²) in [7, 11) is 0. The van der Waals surface area contributed by atoms with Crippen LogP contribution in [-0.4, -0.2) is 18.5 Å². The van der Waals surface area contributed by atoms with E-state index in [2.05, 4.69) is 0 Å². The zero-order valence-corrected chi connectivity index (χ0v) is 8.41. The summed E-state index contributed by atoms with van der Waals surface area (Å²) >= 11 is 0. The summed E-state index contributed by atoms with van der Waals surface area (Å²) in [5.74, 6) is -2.40. The van der Waals surface area contributed by atoms with Gasteiger partial charge >= 0.3 is 0 Å². The summed E-state index contributed by atoms with van der Waals surface area (Å²) in [6.07, 6.45) is 0.193. The largest absolute Gasteiger partial charge is 0.395 e. The van der Waals surface area contributed by atoms with Crippen LogP contribution in [-0.2, 0) is 4.79 Å². The second-order valence-electron chi connectivity index (χ2n) is 3.76. The van der Waals surface area contributed by atoms with E-state index in [0.29, 0.717) is 0 Å². The van der Waals surface area contributed by atoms with Crippen molar-refractivity contribution in [1.29, 1.82) is 0 Å². The summed E-state index contributed by atoms with van der Waals surface area (Å²) in [6, 6.07) is 1.93. The van der Waals surface area contributed by atoms with Gasteiger partial charge in [-0.2, -0.15) is 0 Å². The topological polar surface area (TPSA) is 72.3 Å². The SMILES string of the molecule is Nc1c(N2CC(N)CC2=O)ccc(F)c1F. The Labute approximate surface area is 90.8 Å². The molecule has 0 aliphatic carbocycles. The quantitative estimate of drug-likeness (QED) is 0.690. The maximum absolute atomic E-state index is 13.2. The molecule has 16 heavy (non-hydrogen) atoms. The molecule has 1 atom stereocenters. The predicted octanol–water partition coefficient (Wildman–Crippen LogP) is 0.611. The molecule has 1 heterocycles. The number of benzene rings is 1. The normalized spacial score (nSPS) is 20.6. The Kier molecular flexibility index (Phi) is 2.51. The molecule has 1 fully saturated rings. The van der Waals surface area contributed by atoms with Gasteiger partial charge < -0.3 is 16.4 Å². The first-order chi connectivity index (χ1) is 7.50. The van der Waals surface area contributed by atoms with E-state index in [1.807, 2.05) is 0 Å². The van der Waals surface area contributed by atoms with E-state index in [-0.39, 0.29) is 36.3 Å². The number of carbonyl (C=O) groups excluding carboxylic acids is 1. The van der Waals surface area contributed by atoms with Crippen LogP contribution in [0.4, 0.5) is 20.2 Å². The van der Waals surface area contributed by atoms with Crippen LogP contribution in [0.1, 0.15) is 6.42 Å². The number of amides is 1. The van der Waals surface area contributed by atoms with Crippen LogP contribution in [0.3, 0.4) is 0 Å². The third-order valence-electron chi connectivity index (χ3n) is 2.56. The highest BCUT2D eigenvalue weighted by Gasteiger charge is 2.30. The smallest absolute Gasteiger partial charge is 0.228 e. The molecule has 1 aromatic rings. The predicted molar refractivity (Wildman–Crippen MR) is 55.7 cm³/mol. The Bertz CT molecular complexity index is 450. The second kappa shape index (κ2) is 3.71. The Balaban J connectivity index is 2.42. The maximum Gasteiger partial charge on any atom is 0.228 e. The number of carbonyl (C=O) groups is 1. The summed E-state index contributed by atoms with van der Waals surface area (Å²) in [6.45, 7) is 0.272. The van der Waals surface area contributed by atoms with Crippen molar-refractivity contribution in [2.75, 3.05) is 17.2 Å². The van der Waals surface area contributed by atoms with Crippen LogP contribution in [0.2, 0.25) is 0 Å². The molecule has 1 aromatic carbocycles. The minimum atomic E-state index is -1.13. The first kappa shape index (κ1) is 10.8. The van der Waals surface area contributed by atoms with Crippen LogP contribution in [0.25, 0.3) is 0 Å². The average Bonchev–Trinajstić information content (AvgIpc) is 2.55. The van der Waals surface area contributed by atoms with Gasteiger partial charge in [0, 0.05) is 19.0 Å². The Morgan fingerprint density at radius 2 is 2.06 bits per heavy atom. The monoisotopic (exact) mass is 227 g/mol. The van der Waals surface area contributed by atoms with Crippen molar-refractivity contribution in [3.8, 4) is 0 Å². The lowest BCUT2D eigenvalue weighted by Crippen LogP contribution is -2.28. The number of anilines is 2. The number of nitrogen functional groups attached to an aromatic ring is 1. The van der Waals surface area contributed by atoms with Gasteiger partial charge in [0.2, 0.25) is 5.91 Å². The molecule has 1 amide bonds. The number of hydrogen-bond acceptors (Lipinski definition) is 3. The fourth-order valence-corrected chi connectivity index (χ4v) is 1.76. The molecule has 6 heteroatoms. The van der Waals surface area contributed by atoms with E-state index < -0.39 is 11.6 Å². The van der Waals surface area contributed by atoms with Gasteiger partial charge in [0.1, 0.15) is 0 Å². The number of rotatable bonds is 1. The van der Waals surface area contributed by atoms with E-state index in [1.54, 1.807) is 0 Å². The first-order valence-corrected chi connectivity index (χ1v) is 4.80. The van der Waals surface area contributed by atoms with Crippen LogP contribution in [0.5, 0.6) is 0 Å². The van der Waals surface area contributed by atoms with Gasteiger partial charge in [0.25, 0.3) is 0 Å². The summed E-state index contributed by atoms with van der Waals surface area (Å²) < 4.78 is 26.0. The van der Waals surface area contributed by atoms with Crippen LogP contribution in [0.15, 0.2) is 12.1 Å². The number of nitrogens with zero attached hydrogens (tertiary/aromatic N) is 1. The van der Waals surface area contributed by atoms with Crippen molar-refractivity contribution in [3.63, 3.8) is 0 Å². The highest BCUT2D eigenvalue weighted by molar-refractivity contribution is 5.98. The Morgan fingerprint density at radius 3 is 2.62 bits per heavy atom. The fourth-order valence-electron chi connectivity index (χ4n) is 1.76. The van der Waals surface area contributed by atoms with Crippen molar-refractivity contribution < 1.29 is 13.6 Å². The Hall–Kier alpha value is -1.69. The van der Waals surface area contributed by atoms with Gasteiger partial charge in [-0.25, -0.2) is 8.78 Å². The highest BCUT2D eigenvalue weighted by Crippen LogP contribution is 2.30. The lowest BCUT2D eigenvalue weighted by atomic mass is 10.2. The fraction of sp³-hybridized carbons (Fsp3) is 0.300. The lowest BCUT2D eigenvalue weighted by molar-refractivity contribution is -0.117. The van der Waals surface area contributed by atoms with Gasteiger partial charge in [-0.3, -0.25) is 4.79 Å². The molecule has 0 saturated carbocycles. The zero-order valence-electron chi connectivity index (χ0n) is 8.41. The van der Waals surface area contributed by atoms with Crippen molar-refractivity contribution >= 4 is 17.3 Å². The summed E-state index contributed by atoms with van der Waals surface area (Å²) in [5.41, 5.74) is 10.8. The molecule has 1 saturated heterocycles. The highest BCUT2D eigenvalue weighted by atomic mass is 19.2. The van der Waals surface area contributed by atoms with Crippen LogP contribution in [0, 0.1) is 11.6 Å². The van der Waals surface area contributed by atoms with Gasteiger partial charge in [0.15, 0.2) is 11.6 Å². The van der Waals surface area contributed by atoms with Crippen molar-refractivity contribution in [2.24, 2.45) is 5.73 Å². The molecule has 86 valence electrons. The first-order valence-electron chi connectivity index (χ1n) is 4.80. The Morgan fingerprint density at radius 1 is 1.38 bits per heavy atom. The summed E-state index contributed by atoms with van der Waals surface area (Å²) in [4.78, 5) is 12.8. The molecule has 0 bridgehead atoms. The minimum absolute atomic E-state index is 0.178. The lowest BCUT2D eigenvalue weighted by Gasteiger charge is -2.18. The van der Waals surface area contributed by atoms with Crippen molar-refractivity contribution in [2.45, 2.75) is 12.5 Å². The van der Waals surface area contributed by atoms with Gasteiger partial charge in [0.05, 0.1) is 11.4 Å². The van der Waals surface area contributed by atoms with E-state index >= 15 is 0 Å². The molecule has 4 N–H and O–H groups in total.